The molecule has 0 aliphatic rings. The number of aromatic nitrogens is 3. The van der Waals surface area contributed by atoms with Crippen molar-refractivity contribution in [1.82, 2.24) is 20.1 Å². The number of fused-ring (bicyclic) bond motifs is 1. The van der Waals surface area contributed by atoms with Crippen LogP contribution in [0.1, 0.15) is 28.7 Å². The molecule has 2 aromatic heterocycles. The topological polar surface area (TPSA) is 59.8 Å². The Morgan fingerprint density at radius 3 is 2.59 bits per heavy atom. The molecule has 4 rings (SSSR count). The van der Waals surface area contributed by atoms with Crippen LogP contribution < -0.4 is 5.32 Å². The predicted octanol–water partition coefficient (Wildman–Crippen LogP) is 4.49. The van der Waals surface area contributed by atoms with Gasteiger partial charge < -0.3 is 5.32 Å². The SMILES string of the molecule is CC(Cc1ccccn1)NC(=O)c1nn(Cc2ccc(Cl)cc2)c2ccccc12. The summed E-state index contributed by atoms with van der Waals surface area (Å²) in [5, 5.41) is 9.20. The molecule has 1 atom stereocenters. The number of carbonyl (C=O) groups excluding carboxylic acids is 1. The van der Waals surface area contributed by atoms with Crippen molar-refractivity contribution in [2.75, 3.05) is 0 Å². The molecule has 0 radical (unpaired) electrons. The molecule has 0 fully saturated rings. The van der Waals surface area contributed by atoms with E-state index >= 15 is 0 Å². The Morgan fingerprint density at radius 1 is 1.07 bits per heavy atom. The Labute approximate surface area is 174 Å². The first kappa shape index (κ1) is 19.2. The van der Waals surface area contributed by atoms with Crippen molar-refractivity contribution in [3.63, 3.8) is 0 Å². The molecule has 0 spiro atoms. The zero-order valence-electron chi connectivity index (χ0n) is 16.0. The molecule has 0 bridgehead atoms. The number of carbonyl (C=O) groups is 1. The summed E-state index contributed by atoms with van der Waals surface area (Å²) >= 11 is 5.98. The predicted molar refractivity (Wildman–Crippen MR) is 115 cm³/mol. The van der Waals surface area contributed by atoms with Crippen molar-refractivity contribution >= 4 is 28.4 Å². The van der Waals surface area contributed by atoms with Crippen molar-refractivity contribution < 1.29 is 4.79 Å². The first-order valence-electron chi connectivity index (χ1n) is 9.51. The minimum Gasteiger partial charge on any atom is -0.348 e. The highest BCUT2D eigenvalue weighted by Crippen LogP contribution is 2.20. The van der Waals surface area contributed by atoms with E-state index in [4.69, 9.17) is 11.6 Å². The lowest BCUT2D eigenvalue weighted by molar-refractivity contribution is 0.0935. The highest BCUT2D eigenvalue weighted by atomic mass is 35.5. The number of hydrogen-bond acceptors (Lipinski definition) is 3. The lowest BCUT2D eigenvalue weighted by atomic mass is 10.1. The highest BCUT2D eigenvalue weighted by Gasteiger charge is 2.19. The van der Waals surface area contributed by atoms with Crippen LogP contribution in [0.4, 0.5) is 0 Å². The Balaban J connectivity index is 1.56. The number of amides is 1. The largest absolute Gasteiger partial charge is 0.348 e. The first-order valence-corrected chi connectivity index (χ1v) is 9.89. The standard InChI is InChI=1S/C23H21ClN4O/c1-16(14-19-6-4-5-13-25-19)26-23(29)22-20-7-2-3-8-21(20)28(27-22)15-17-9-11-18(24)12-10-17/h2-13,16H,14-15H2,1H3,(H,26,29). The molecule has 2 aromatic carbocycles. The number of benzene rings is 2. The third-order valence-electron chi connectivity index (χ3n) is 4.74. The highest BCUT2D eigenvalue weighted by molar-refractivity contribution is 6.30. The van der Waals surface area contributed by atoms with E-state index in [9.17, 15) is 4.79 Å². The number of pyridine rings is 1. The Kier molecular flexibility index (Phi) is 5.58. The summed E-state index contributed by atoms with van der Waals surface area (Å²) in [7, 11) is 0. The fourth-order valence-corrected chi connectivity index (χ4v) is 3.48. The molecule has 0 aliphatic carbocycles. The van der Waals surface area contributed by atoms with E-state index in [1.165, 1.54) is 0 Å². The summed E-state index contributed by atoms with van der Waals surface area (Å²) in [6.45, 7) is 2.54. The van der Waals surface area contributed by atoms with Gasteiger partial charge in [0.2, 0.25) is 0 Å². The lowest BCUT2D eigenvalue weighted by Crippen LogP contribution is -2.34. The molecule has 1 N–H and O–H groups in total. The van der Waals surface area contributed by atoms with Gasteiger partial charge in [-0.1, -0.05) is 48.0 Å². The summed E-state index contributed by atoms with van der Waals surface area (Å²) in [6.07, 6.45) is 2.42. The van der Waals surface area contributed by atoms with Gasteiger partial charge in [-0.2, -0.15) is 5.10 Å². The minimum absolute atomic E-state index is 0.0578. The van der Waals surface area contributed by atoms with E-state index in [0.717, 1.165) is 22.2 Å². The molecule has 1 amide bonds. The minimum atomic E-state index is -0.181. The monoisotopic (exact) mass is 404 g/mol. The normalized spacial score (nSPS) is 12.1. The van der Waals surface area contributed by atoms with E-state index < -0.39 is 0 Å². The van der Waals surface area contributed by atoms with Gasteiger partial charge in [0, 0.05) is 34.8 Å². The fraction of sp³-hybridized carbons (Fsp3) is 0.174. The van der Waals surface area contributed by atoms with Crippen LogP contribution in [-0.2, 0) is 13.0 Å². The van der Waals surface area contributed by atoms with Gasteiger partial charge in [0.05, 0.1) is 12.1 Å². The molecule has 0 aliphatic heterocycles. The quantitative estimate of drug-likeness (QED) is 0.515. The van der Waals surface area contributed by atoms with E-state index in [1.807, 2.05) is 78.3 Å². The summed E-state index contributed by atoms with van der Waals surface area (Å²) in [6, 6.07) is 21.2. The van der Waals surface area contributed by atoms with Gasteiger partial charge in [-0.3, -0.25) is 14.5 Å². The van der Waals surface area contributed by atoms with Crippen LogP contribution in [0, 0.1) is 0 Å². The van der Waals surface area contributed by atoms with Crippen molar-refractivity contribution in [3.05, 3.63) is 94.9 Å². The van der Waals surface area contributed by atoms with Crippen LogP contribution in [0.3, 0.4) is 0 Å². The molecule has 29 heavy (non-hydrogen) atoms. The maximum absolute atomic E-state index is 12.9. The first-order chi connectivity index (χ1) is 14.1. The van der Waals surface area contributed by atoms with E-state index in [-0.39, 0.29) is 11.9 Å². The van der Waals surface area contributed by atoms with Crippen LogP contribution in [0.15, 0.2) is 72.9 Å². The average Bonchev–Trinajstić information content (AvgIpc) is 3.09. The zero-order chi connectivity index (χ0) is 20.2. The fourth-order valence-electron chi connectivity index (χ4n) is 3.35. The van der Waals surface area contributed by atoms with Crippen LogP contribution in [-0.4, -0.2) is 26.7 Å². The second-order valence-electron chi connectivity index (χ2n) is 7.05. The van der Waals surface area contributed by atoms with Crippen molar-refractivity contribution in [2.45, 2.75) is 25.9 Å². The van der Waals surface area contributed by atoms with Gasteiger partial charge in [-0.15, -0.1) is 0 Å². The van der Waals surface area contributed by atoms with Gasteiger partial charge in [-0.25, -0.2) is 0 Å². The van der Waals surface area contributed by atoms with Crippen LogP contribution >= 0.6 is 11.6 Å². The molecule has 5 nitrogen and oxygen atoms in total. The number of rotatable bonds is 6. The Bertz CT molecular complexity index is 1120. The third-order valence-corrected chi connectivity index (χ3v) is 4.99. The molecular formula is C23H21ClN4O. The third kappa shape index (κ3) is 4.46. The van der Waals surface area contributed by atoms with Gasteiger partial charge in [0.15, 0.2) is 5.69 Å². The van der Waals surface area contributed by atoms with Gasteiger partial charge >= 0.3 is 0 Å². The second-order valence-corrected chi connectivity index (χ2v) is 7.49. The maximum Gasteiger partial charge on any atom is 0.272 e. The molecule has 0 saturated heterocycles. The smallest absolute Gasteiger partial charge is 0.272 e. The van der Waals surface area contributed by atoms with Crippen LogP contribution in [0.25, 0.3) is 10.9 Å². The van der Waals surface area contributed by atoms with Gasteiger partial charge in [0.1, 0.15) is 0 Å². The summed E-state index contributed by atoms with van der Waals surface area (Å²) in [4.78, 5) is 17.3. The number of nitrogens with zero attached hydrogens (tertiary/aromatic N) is 3. The van der Waals surface area contributed by atoms with Crippen LogP contribution in [0.5, 0.6) is 0 Å². The van der Waals surface area contributed by atoms with Gasteiger partial charge in [-0.05, 0) is 42.8 Å². The number of hydrogen-bond donors (Lipinski definition) is 1. The number of nitrogens with one attached hydrogen (secondary N) is 1. The summed E-state index contributed by atoms with van der Waals surface area (Å²) < 4.78 is 1.86. The molecule has 2 heterocycles. The Morgan fingerprint density at radius 2 is 1.83 bits per heavy atom. The van der Waals surface area contributed by atoms with Crippen LogP contribution in [0.2, 0.25) is 5.02 Å². The summed E-state index contributed by atoms with van der Waals surface area (Å²) in [5.41, 5.74) is 3.36. The number of halogens is 1. The van der Waals surface area contributed by atoms with E-state index in [1.54, 1.807) is 6.20 Å². The lowest BCUT2D eigenvalue weighted by Gasteiger charge is -2.12. The Hall–Kier alpha value is -3.18. The van der Waals surface area contributed by atoms with E-state index in [2.05, 4.69) is 15.4 Å². The summed E-state index contributed by atoms with van der Waals surface area (Å²) in [5.74, 6) is -0.181. The molecule has 146 valence electrons. The zero-order valence-corrected chi connectivity index (χ0v) is 16.8. The molecular weight excluding hydrogens is 384 g/mol. The number of para-hydroxylation sites is 1. The maximum atomic E-state index is 12.9. The van der Waals surface area contributed by atoms with Crippen molar-refractivity contribution in [2.24, 2.45) is 0 Å². The van der Waals surface area contributed by atoms with E-state index in [0.29, 0.717) is 23.7 Å². The second kappa shape index (κ2) is 8.45. The molecule has 6 heteroatoms. The molecule has 1 unspecified atom stereocenters. The average molecular weight is 405 g/mol. The van der Waals surface area contributed by atoms with Crippen molar-refractivity contribution in [1.29, 1.82) is 0 Å². The molecule has 4 aromatic rings. The van der Waals surface area contributed by atoms with Crippen molar-refractivity contribution in [3.8, 4) is 0 Å². The van der Waals surface area contributed by atoms with Gasteiger partial charge in [0.25, 0.3) is 5.91 Å². The molecule has 0 saturated carbocycles.